The Balaban J connectivity index is 1.67. The minimum absolute atomic E-state index is 0.0833. The number of benzene rings is 2. The Kier molecular flexibility index (Phi) is 7.10. The minimum atomic E-state index is -0.327. The first kappa shape index (κ1) is 19.1. The van der Waals surface area contributed by atoms with Gasteiger partial charge in [0.05, 0.1) is 10.6 Å². The highest BCUT2D eigenvalue weighted by Crippen LogP contribution is 2.20. The molecule has 0 aromatic heterocycles. The molecule has 0 unspecified atom stereocenters. The summed E-state index contributed by atoms with van der Waals surface area (Å²) in [6.07, 6.45) is 0. The van der Waals surface area contributed by atoms with Gasteiger partial charge in [0.1, 0.15) is 5.75 Å². The molecule has 7 heteroatoms. The Bertz CT molecular complexity index is 748. The van der Waals surface area contributed by atoms with E-state index in [0.717, 1.165) is 5.56 Å². The van der Waals surface area contributed by atoms with Crippen molar-refractivity contribution in [1.29, 1.82) is 0 Å². The first-order chi connectivity index (χ1) is 12.0. The summed E-state index contributed by atoms with van der Waals surface area (Å²) in [4.78, 5) is 23.7. The van der Waals surface area contributed by atoms with Crippen molar-refractivity contribution in [2.75, 3.05) is 19.7 Å². The van der Waals surface area contributed by atoms with Gasteiger partial charge in [-0.2, -0.15) is 0 Å². The zero-order valence-corrected chi connectivity index (χ0v) is 15.2. The zero-order chi connectivity index (χ0) is 18.2. The van der Waals surface area contributed by atoms with Crippen LogP contribution in [0.25, 0.3) is 0 Å². The lowest BCUT2D eigenvalue weighted by atomic mass is 10.2. The van der Waals surface area contributed by atoms with Gasteiger partial charge in [0.2, 0.25) is 0 Å². The van der Waals surface area contributed by atoms with Crippen LogP contribution >= 0.6 is 23.2 Å². The van der Waals surface area contributed by atoms with Gasteiger partial charge in [-0.25, -0.2) is 0 Å². The number of carbonyl (C=O) groups is 2. The second-order valence-corrected chi connectivity index (χ2v) is 6.18. The smallest absolute Gasteiger partial charge is 0.258 e. The van der Waals surface area contributed by atoms with Crippen molar-refractivity contribution < 1.29 is 14.3 Å². The van der Waals surface area contributed by atoms with Crippen molar-refractivity contribution in [2.24, 2.45) is 0 Å². The van der Waals surface area contributed by atoms with Crippen molar-refractivity contribution in [2.45, 2.75) is 6.92 Å². The molecule has 0 aliphatic heterocycles. The van der Waals surface area contributed by atoms with Crippen LogP contribution in [-0.4, -0.2) is 31.5 Å². The number of hydrogen-bond acceptors (Lipinski definition) is 3. The third kappa shape index (κ3) is 6.29. The molecule has 0 spiro atoms. The number of nitrogens with one attached hydrogen (secondary N) is 2. The molecule has 0 saturated heterocycles. The van der Waals surface area contributed by atoms with E-state index in [1.807, 2.05) is 19.1 Å². The number of ether oxygens (including phenoxy) is 1. The summed E-state index contributed by atoms with van der Waals surface area (Å²) in [5.74, 6) is 0.0394. The number of rotatable bonds is 7. The first-order valence-corrected chi connectivity index (χ1v) is 8.41. The van der Waals surface area contributed by atoms with Gasteiger partial charge in [-0.05, 0) is 37.3 Å². The number of aryl methyl sites for hydroxylation is 1. The topological polar surface area (TPSA) is 67.4 Å². The fourth-order valence-corrected chi connectivity index (χ4v) is 2.48. The standard InChI is InChI=1S/C18H18Cl2N2O3/c1-12-2-5-14(6-3-12)25-11-17(23)21-8-9-22-18(24)15-7-4-13(19)10-16(15)20/h2-7,10H,8-9,11H2,1H3,(H,21,23)(H,22,24). The van der Waals surface area contributed by atoms with Crippen molar-refractivity contribution in [1.82, 2.24) is 10.6 Å². The maximum atomic E-state index is 12.0. The van der Waals surface area contributed by atoms with E-state index < -0.39 is 0 Å². The quantitative estimate of drug-likeness (QED) is 0.724. The molecule has 0 bridgehead atoms. The summed E-state index contributed by atoms with van der Waals surface area (Å²) in [6.45, 7) is 2.45. The highest BCUT2D eigenvalue weighted by atomic mass is 35.5. The molecule has 0 heterocycles. The molecule has 2 aromatic carbocycles. The summed E-state index contributed by atoms with van der Waals surface area (Å²) in [6, 6.07) is 12.1. The summed E-state index contributed by atoms with van der Waals surface area (Å²) in [5.41, 5.74) is 1.45. The molecule has 2 amide bonds. The maximum Gasteiger partial charge on any atom is 0.258 e. The van der Waals surface area contributed by atoms with E-state index in [1.165, 1.54) is 6.07 Å². The van der Waals surface area contributed by atoms with E-state index in [9.17, 15) is 9.59 Å². The highest BCUT2D eigenvalue weighted by molar-refractivity contribution is 6.36. The van der Waals surface area contributed by atoms with E-state index in [4.69, 9.17) is 27.9 Å². The molecule has 0 fully saturated rings. The Labute approximate surface area is 156 Å². The maximum absolute atomic E-state index is 12.0. The molecule has 132 valence electrons. The average Bonchev–Trinajstić information content (AvgIpc) is 2.58. The van der Waals surface area contributed by atoms with Crippen LogP contribution in [-0.2, 0) is 4.79 Å². The first-order valence-electron chi connectivity index (χ1n) is 7.65. The Morgan fingerprint density at radius 3 is 2.36 bits per heavy atom. The number of halogens is 2. The van der Waals surface area contributed by atoms with Crippen LogP contribution in [0.2, 0.25) is 10.0 Å². The number of carbonyl (C=O) groups excluding carboxylic acids is 2. The monoisotopic (exact) mass is 380 g/mol. The lowest BCUT2D eigenvalue weighted by Crippen LogP contribution is -2.36. The van der Waals surface area contributed by atoms with E-state index >= 15 is 0 Å². The summed E-state index contributed by atoms with van der Waals surface area (Å²) in [7, 11) is 0. The summed E-state index contributed by atoms with van der Waals surface area (Å²) in [5, 5.41) is 6.07. The molecular weight excluding hydrogens is 363 g/mol. The number of hydrogen-bond donors (Lipinski definition) is 2. The van der Waals surface area contributed by atoms with Crippen LogP contribution < -0.4 is 15.4 Å². The molecular formula is C18H18Cl2N2O3. The Morgan fingerprint density at radius 2 is 1.68 bits per heavy atom. The molecule has 5 nitrogen and oxygen atoms in total. The molecule has 2 N–H and O–H groups in total. The fourth-order valence-electron chi connectivity index (χ4n) is 1.98. The van der Waals surface area contributed by atoms with Gasteiger partial charge in [-0.3, -0.25) is 9.59 Å². The second-order valence-electron chi connectivity index (χ2n) is 5.33. The van der Waals surface area contributed by atoms with Crippen LogP contribution in [0.1, 0.15) is 15.9 Å². The molecule has 2 aromatic rings. The molecule has 0 radical (unpaired) electrons. The molecule has 0 saturated carbocycles. The van der Waals surface area contributed by atoms with Crippen LogP contribution in [0.15, 0.2) is 42.5 Å². The zero-order valence-electron chi connectivity index (χ0n) is 13.6. The van der Waals surface area contributed by atoms with E-state index in [2.05, 4.69) is 10.6 Å². The molecule has 2 rings (SSSR count). The van der Waals surface area contributed by atoms with E-state index in [1.54, 1.807) is 24.3 Å². The predicted octanol–water partition coefficient (Wildman–Crippen LogP) is 3.23. The van der Waals surface area contributed by atoms with Crippen LogP contribution in [0, 0.1) is 6.92 Å². The van der Waals surface area contributed by atoms with Crippen molar-refractivity contribution in [3.8, 4) is 5.75 Å². The van der Waals surface area contributed by atoms with Gasteiger partial charge in [0.25, 0.3) is 11.8 Å². The molecule has 25 heavy (non-hydrogen) atoms. The van der Waals surface area contributed by atoms with Crippen molar-refractivity contribution in [3.05, 3.63) is 63.6 Å². The lowest BCUT2D eigenvalue weighted by molar-refractivity contribution is -0.123. The van der Waals surface area contributed by atoms with Gasteiger partial charge >= 0.3 is 0 Å². The molecule has 0 aliphatic rings. The molecule has 0 atom stereocenters. The van der Waals surface area contributed by atoms with Crippen molar-refractivity contribution in [3.63, 3.8) is 0 Å². The Morgan fingerprint density at radius 1 is 1.00 bits per heavy atom. The lowest BCUT2D eigenvalue weighted by Gasteiger charge is -2.09. The minimum Gasteiger partial charge on any atom is -0.484 e. The van der Waals surface area contributed by atoms with Crippen LogP contribution in [0.5, 0.6) is 5.75 Å². The van der Waals surface area contributed by atoms with Gasteiger partial charge in [-0.1, -0.05) is 40.9 Å². The van der Waals surface area contributed by atoms with Crippen LogP contribution in [0.3, 0.4) is 0 Å². The third-order valence-electron chi connectivity index (χ3n) is 3.30. The molecule has 0 aliphatic carbocycles. The van der Waals surface area contributed by atoms with Crippen molar-refractivity contribution >= 4 is 35.0 Å². The second kappa shape index (κ2) is 9.30. The van der Waals surface area contributed by atoms with Gasteiger partial charge in [-0.15, -0.1) is 0 Å². The largest absolute Gasteiger partial charge is 0.484 e. The van der Waals surface area contributed by atoms with Gasteiger partial charge in [0, 0.05) is 18.1 Å². The predicted molar refractivity (Wildman–Crippen MR) is 98.5 cm³/mol. The third-order valence-corrected chi connectivity index (χ3v) is 3.85. The van der Waals surface area contributed by atoms with Gasteiger partial charge < -0.3 is 15.4 Å². The van der Waals surface area contributed by atoms with Gasteiger partial charge in [0.15, 0.2) is 6.61 Å². The summed E-state index contributed by atoms with van der Waals surface area (Å²) >= 11 is 11.8. The van der Waals surface area contributed by atoms with E-state index in [-0.39, 0.29) is 36.5 Å². The van der Waals surface area contributed by atoms with Crippen LogP contribution in [0.4, 0.5) is 0 Å². The summed E-state index contributed by atoms with van der Waals surface area (Å²) < 4.78 is 5.37. The Hall–Kier alpha value is -2.24. The number of amides is 2. The normalized spacial score (nSPS) is 10.2. The SMILES string of the molecule is Cc1ccc(OCC(=O)NCCNC(=O)c2ccc(Cl)cc2Cl)cc1. The fraction of sp³-hybridized carbons (Fsp3) is 0.222. The van der Waals surface area contributed by atoms with E-state index in [0.29, 0.717) is 16.3 Å². The average molecular weight is 381 g/mol. The highest BCUT2D eigenvalue weighted by Gasteiger charge is 2.10.